The Labute approximate surface area is 117 Å². The minimum atomic E-state index is -4.00. The van der Waals surface area contributed by atoms with Crippen LogP contribution < -0.4 is 5.14 Å². The third kappa shape index (κ3) is 3.00. The second kappa shape index (κ2) is 5.51. The van der Waals surface area contributed by atoms with E-state index in [-0.39, 0.29) is 16.5 Å². The van der Waals surface area contributed by atoms with Gasteiger partial charge < -0.3 is 9.64 Å². The van der Waals surface area contributed by atoms with Crippen LogP contribution in [0.4, 0.5) is 0 Å². The van der Waals surface area contributed by atoms with E-state index < -0.39 is 15.9 Å². The van der Waals surface area contributed by atoms with E-state index in [1.807, 2.05) is 0 Å². The molecule has 0 aromatic carbocycles. The van der Waals surface area contributed by atoms with Crippen molar-refractivity contribution in [3.8, 4) is 0 Å². The number of aromatic amines is 1. The van der Waals surface area contributed by atoms with Crippen LogP contribution in [0.2, 0.25) is 0 Å². The molecule has 1 amide bonds. The van der Waals surface area contributed by atoms with Gasteiger partial charge in [0.15, 0.2) is 5.69 Å². The zero-order chi connectivity index (χ0) is 14.9. The first-order chi connectivity index (χ1) is 9.36. The summed E-state index contributed by atoms with van der Waals surface area (Å²) in [5.41, 5.74) is 0.295. The minimum Gasteiger partial charge on any atom is -0.383 e. The van der Waals surface area contributed by atoms with Crippen LogP contribution in [0.15, 0.2) is 4.90 Å². The summed E-state index contributed by atoms with van der Waals surface area (Å²) in [6.45, 7) is 0.692. The number of methoxy groups -OCH3 is 1. The van der Waals surface area contributed by atoms with Crippen molar-refractivity contribution >= 4 is 15.9 Å². The Kier molecular flexibility index (Phi) is 4.11. The van der Waals surface area contributed by atoms with Crippen molar-refractivity contribution in [2.75, 3.05) is 27.3 Å². The van der Waals surface area contributed by atoms with Crippen molar-refractivity contribution in [1.82, 2.24) is 15.1 Å². The highest BCUT2D eigenvalue weighted by molar-refractivity contribution is 7.89. The molecule has 0 saturated heterocycles. The quantitative estimate of drug-likeness (QED) is 0.744. The van der Waals surface area contributed by atoms with Crippen molar-refractivity contribution in [2.24, 2.45) is 5.14 Å². The summed E-state index contributed by atoms with van der Waals surface area (Å²) in [5, 5.41) is 11.7. The van der Waals surface area contributed by atoms with E-state index in [9.17, 15) is 13.2 Å². The fourth-order valence-corrected chi connectivity index (χ4v) is 2.86. The molecule has 0 aliphatic heterocycles. The van der Waals surface area contributed by atoms with Gasteiger partial charge in [-0.05, 0) is 12.8 Å². The molecule has 0 bridgehead atoms. The van der Waals surface area contributed by atoms with Crippen molar-refractivity contribution in [3.63, 3.8) is 0 Å². The SMILES string of the molecule is COCCN(C)C(=O)c1n[nH]c(C2CC2)c1S(N)(=O)=O. The topological polar surface area (TPSA) is 118 Å². The standard InChI is InChI=1S/C11H18N4O4S/c1-15(5-6-19-2)11(16)9-10(20(12,17)18)8(13-14-9)7-3-4-7/h7H,3-6H2,1-2H3,(H,13,14)(H2,12,17,18). The minimum absolute atomic E-state index is 0.0988. The first-order valence-electron chi connectivity index (χ1n) is 6.21. The molecule has 0 unspecified atom stereocenters. The van der Waals surface area contributed by atoms with Gasteiger partial charge in [0.2, 0.25) is 10.0 Å². The Balaban J connectivity index is 2.34. The summed E-state index contributed by atoms with van der Waals surface area (Å²) in [7, 11) is -0.920. The number of sulfonamides is 1. The van der Waals surface area contributed by atoms with E-state index in [4.69, 9.17) is 9.88 Å². The van der Waals surface area contributed by atoms with Gasteiger partial charge in [0, 0.05) is 26.6 Å². The van der Waals surface area contributed by atoms with Gasteiger partial charge in [-0.3, -0.25) is 9.89 Å². The highest BCUT2D eigenvalue weighted by Crippen LogP contribution is 2.42. The summed E-state index contributed by atoms with van der Waals surface area (Å²) in [4.78, 5) is 13.4. The van der Waals surface area contributed by atoms with Gasteiger partial charge in [-0.2, -0.15) is 5.10 Å². The lowest BCUT2D eigenvalue weighted by Gasteiger charge is -2.15. The van der Waals surface area contributed by atoms with Crippen molar-refractivity contribution in [1.29, 1.82) is 0 Å². The van der Waals surface area contributed by atoms with Crippen LogP contribution in [0.1, 0.15) is 34.9 Å². The summed E-state index contributed by atoms with van der Waals surface area (Å²) in [6.07, 6.45) is 1.75. The Hall–Kier alpha value is -1.45. The number of carbonyl (C=O) groups excluding carboxylic acids is 1. The molecule has 8 nitrogen and oxygen atoms in total. The van der Waals surface area contributed by atoms with Crippen molar-refractivity contribution < 1.29 is 17.9 Å². The largest absolute Gasteiger partial charge is 0.383 e. The highest BCUT2D eigenvalue weighted by Gasteiger charge is 2.36. The molecule has 1 aliphatic carbocycles. The average molecular weight is 302 g/mol. The molecule has 0 spiro atoms. The molecule has 20 heavy (non-hydrogen) atoms. The average Bonchev–Trinajstić information content (AvgIpc) is 3.12. The fraction of sp³-hybridized carbons (Fsp3) is 0.636. The molecule has 1 aromatic rings. The number of rotatable bonds is 6. The lowest BCUT2D eigenvalue weighted by molar-refractivity contribution is 0.0735. The maximum atomic E-state index is 12.2. The first kappa shape index (κ1) is 14.9. The molecule has 1 aromatic heterocycles. The third-order valence-corrected chi connectivity index (χ3v) is 4.18. The molecule has 1 fully saturated rings. The van der Waals surface area contributed by atoms with E-state index in [0.29, 0.717) is 18.8 Å². The van der Waals surface area contributed by atoms with Crippen LogP contribution in [0.5, 0.6) is 0 Å². The van der Waals surface area contributed by atoms with Gasteiger partial charge in [0.1, 0.15) is 4.90 Å². The number of H-pyrrole nitrogens is 1. The number of carbonyl (C=O) groups is 1. The summed E-state index contributed by atoms with van der Waals surface area (Å²) < 4.78 is 28.3. The van der Waals surface area contributed by atoms with Crippen molar-refractivity contribution in [3.05, 3.63) is 11.4 Å². The molecule has 0 radical (unpaired) electrons. The normalized spacial score (nSPS) is 15.3. The van der Waals surface area contributed by atoms with Gasteiger partial charge in [0.25, 0.3) is 5.91 Å². The number of ether oxygens (including phenoxy) is 1. The van der Waals surface area contributed by atoms with Crippen LogP contribution in [0.3, 0.4) is 0 Å². The van der Waals surface area contributed by atoms with Gasteiger partial charge in [-0.1, -0.05) is 0 Å². The van der Waals surface area contributed by atoms with Gasteiger partial charge in [-0.25, -0.2) is 13.6 Å². The summed E-state index contributed by atoms with van der Waals surface area (Å²) in [6, 6.07) is 0. The fourth-order valence-electron chi connectivity index (χ4n) is 1.94. The number of primary sulfonamides is 1. The van der Waals surface area contributed by atoms with Gasteiger partial charge >= 0.3 is 0 Å². The zero-order valence-corrected chi connectivity index (χ0v) is 12.2. The molecule has 1 aliphatic rings. The number of aromatic nitrogens is 2. The van der Waals surface area contributed by atoms with Crippen LogP contribution in [0.25, 0.3) is 0 Å². The van der Waals surface area contributed by atoms with Crippen LogP contribution in [0, 0.1) is 0 Å². The van der Waals surface area contributed by atoms with Crippen molar-refractivity contribution in [2.45, 2.75) is 23.7 Å². The maximum absolute atomic E-state index is 12.2. The monoisotopic (exact) mass is 302 g/mol. The van der Waals surface area contributed by atoms with E-state index in [1.165, 1.54) is 12.0 Å². The van der Waals surface area contributed by atoms with E-state index in [0.717, 1.165) is 12.8 Å². The number of nitrogens with one attached hydrogen (secondary N) is 1. The number of nitrogens with zero attached hydrogens (tertiary/aromatic N) is 2. The Morgan fingerprint density at radius 1 is 1.55 bits per heavy atom. The number of likely N-dealkylation sites (N-methyl/N-ethyl adjacent to an activating group) is 1. The predicted octanol–water partition coefficient (Wildman–Crippen LogP) is -0.347. The lowest BCUT2D eigenvalue weighted by Crippen LogP contribution is -2.31. The number of hydrogen-bond donors (Lipinski definition) is 2. The van der Waals surface area contributed by atoms with E-state index in [1.54, 1.807) is 7.05 Å². The maximum Gasteiger partial charge on any atom is 0.275 e. The molecule has 1 heterocycles. The second-order valence-corrected chi connectivity index (χ2v) is 6.35. The first-order valence-corrected chi connectivity index (χ1v) is 7.76. The smallest absolute Gasteiger partial charge is 0.275 e. The molecule has 1 saturated carbocycles. The van der Waals surface area contributed by atoms with Gasteiger partial charge in [-0.15, -0.1) is 0 Å². The Morgan fingerprint density at radius 2 is 2.20 bits per heavy atom. The zero-order valence-electron chi connectivity index (χ0n) is 11.4. The molecule has 3 N–H and O–H groups in total. The summed E-state index contributed by atoms with van der Waals surface area (Å²) in [5.74, 6) is -0.393. The lowest BCUT2D eigenvalue weighted by atomic mass is 10.2. The van der Waals surface area contributed by atoms with Crippen LogP contribution in [-0.2, 0) is 14.8 Å². The highest BCUT2D eigenvalue weighted by atomic mass is 32.2. The number of hydrogen-bond acceptors (Lipinski definition) is 5. The van der Waals surface area contributed by atoms with Gasteiger partial charge in [0.05, 0.1) is 12.3 Å². The molecule has 112 valence electrons. The predicted molar refractivity (Wildman–Crippen MR) is 70.8 cm³/mol. The third-order valence-electron chi connectivity index (χ3n) is 3.20. The Morgan fingerprint density at radius 3 is 2.70 bits per heavy atom. The number of nitrogens with two attached hydrogens (primary N) is 1. The second-order valence-electron chi connectivity index (χ2n) is 4.85. The Bertz CT molecular complexity index is 606. The van der Waals surface area contributed by atoms with E-state index in [2.05, 4.69) is 10.2 Å². The van der Waals surface area contributed by atoms with E-state index >= 15 is 0 Å². The molecule has 2 rings (SSSR count). The number of amides is 1. The molecule has 0 atom stereocenters. The van der Waals surface area contributed by atoms with Crippen LogP contribution in [-0.4, -0.2) is 56.7 Å². The molecular formula is C11H18N4O4S. The molecular weight excluding hydrogens is 284 g/mol. The summed E-state index contributed by atoms with van der Waals surface area (Å²) >= 11 is 0. The molecule has 9 heteroatoms. The van der Waals surface area contributed by atoms with Crippen LogP contribution >= 0.6 is 0 Å².